The maximum Gasteiger partial charge on any atom is 0.257 e. The molecule has 0 atom stereocenters. The van der Waals surface area contributed by atoms with Crippen molar-refractivity contribution in [3.63, 3.8) is 0 Å². The van der Waals surface area contributed by atoms with E-state index in [9.17, 15) is 4.79 Å². The lowest BCUT2D eigenvalue weighted by Gasteiger charge is -2.14. The van der Waals surface area contributed by atoms with Crippen LogP contribution in [-0.4, -0.2) is 45.7 Å². The molecule has 2 aromatic rings. The molecule has 0 aromatic heterocycles. The molecule has 0 aliphatic heterocycles. The maximum atomic E-state index is 11.6. The Bertz CT molecular complexity index is 858. The average molecular weight is 433 g/mol. The first-order chi connectivity index (χ1) is 14.6. The van der Waals surface area contributed by atoms with E-state index in [0.29, 0.717) is 37.1 Å². The van der Waals surface area contributed by atoms with Crippen molar-refractivity contribution in [3.05, 3.63) is 58.6 Å². The summed E-state index contributed by atoms with van der Waals surface area (Å²) in [6.07, 6.45) is 0.797. The Morgan fingerprint density at radius 2 is 1.90 bits per heavy atom. The number of benzene rings is 2. The van der Waals surface area contributed by atoms with Crippen molar-refractivity contribution in [1.29, 1.82) is 0 Å². The zero-order chi connectivity index (χ0) is 21.8. The number of carbonyl (C=O) groups excluding carboxylic acids is 1. The molecule has 0 unspecified atom stereocenters. The predicted octanol–water partition coefficient (Wildman–Crippen LogP) is 2.77. The lowest BCUT2D eigenvalue weighted by atomic mass is 10.1. The van der Waals surface area contributed by atoms with E-state index in [0.717, 1.165) is 22.6 Å². The number of nitrogens with zero attached hydrogens (tertiary/aromatic N) is 1. The van der Waals surface area contributed by atoms with E-state index in [4.69, 9.17) is 21.1 Å². The number of nitrogens with one attached hydrogen (secondary N) is 3. The van der Waals surface area contributed by atoms with E-state index in [1.54, 1.807) is 20.2 Å². The number of rotatable bonds is 10. The number of halogens is 1. The van der Waals surface area contributed by atoms with E-state index >= 15 is 0 Å². The van der Waals surface area contributed by atoms with Crippen LogP contribution in [0.5, 0.6) is 11.5 Å². The van der Waals surface area contributed by atoms with E-state index in [-0.39, 0.29) is 12.5 Å². The number of carbonyl (C=O) groups is 1. The predicted molar refractivity (Wildman–Crippen MR) is 121 cm³/mol. The van der Waals surface area contributed by atoms with Gasteiger partial charge in [0.2, 0.25) is 0 Å². The van der Waals surface area contributed by atoms with Crippen molar-refractivity contribution >= 4 is 23.5 Å². The molecular formula is C22H29ClN4O3. The van der Waals surface area contributed by atoms with Crippen molar-refractivity contribution < 1.29 is 14.3 Å². The largest absolute Gasteiger partial charge is 0.493 e. The normalized spacial score (nSPS) is 11.0. The summed E-state index contributed by atoms with van der Waals surface area (Å²) in [4.78, 5) is 15.8. The first-order valence-electron chi connectivity index (χ1n) is 9.81. The first-order valence-corrected chi connectivity index (χ1v) is 10.2. The Morgan fingerprint density at radius 1 is 1.10 bits per heavy atom. The van der Waals surface area contributed by atoms with Gasteiger partial charge < -0.3 is 25.4 Å². The van der Waals surface area contributed by atoms with Crippen LogP contribution >= 0.6 is 11.6 Å². The first kappa shape index (κ1) is 23.3. The van der Waals surface area contributed by atoms with Crippen LogP contribution in [0.3, 0.4) is 0 Å². The zero-order valence-electron chi connectivity index (χ0n) is 17.6. The molecule has 30 heavy (non-hydrogen) atoms. The van der Waals surface area contributed by atoms with Crippen LogP contribution in [0.15, 0.2) is 47.5 Å². The number of hydrogen-bond acceptors (Lipinski definition) is 4. The second kappa shape index (κ2) is 12.6. The van der Waals surface area contributed by atoms with Crippen molar-refractivity contribution in [2.24, 2.45) is 4.99 Å². The van der Waals surface area contributed by atoms with Crippen molar-refractivity contribution in [3.8, 4) is 11.5 Å². The van der Waals surface area contributed by atoms with Gasteiger partial charge in [0, 0.05) is 31.7 Å². The van der Waals surface area contributed by atoms with Crippen LogP contribution in [0, 0.1) is 0 Å². The number of methoxy groups -OCH3 is 1. The molecule has 7 nitrogen and oxygen atoms in total. The minimum Gasteiger partial charge on any atom is -0.493 e. The Hall–Kier alpha value is -2.93. The number of hydrogen-bond donors (Lipinski definition) is 3. The minimum absolute atomic E-state index is 0.0518. The van der Waals surface area contributed by atoms with Gasteiger partial charge in [-0.2, -0.15) is 0 Å². The second-order valence-corrected chi connectivity index (χ2v) is 6.83. The third-order valence-corrected chi connectivity index (χ3v) is 4.66. The molecule has 0 saturated carbocycles. The standard InChI is InChI=1S/C22H29ClN4O3/c1-4-25-21(28)15-30-19-10-9-16(13-20(19)29-3)14-27-22(24-2)26-12-11-17-7-5-6-8-18(17)23/h5-10,13H,4,11-12,14-15H2,1-3H3,(H,25,28)(H2,24,26,27). The summed E-state index contributed by atoms with van der Waals surface area (Å²) >= 11 is 6.19. The van der Waals surface area contributed by atoms with Gasteiger partial charge in [0.05, 0.1) is 7.11 Å². The summed E-state index contributed by atoms with van der Waals surface area (Å²) in [6, 6.07) is 13.4. The van der Waals surface area contributed by atoms with Gasteiger partial charge in [-0.25, -0.2) is 0 Å². The molecule has 0 fully saturated rings. The molecule has 0 saturated heterocycles. The number of ether oxygens (including phenoxy) is 2. The zero-order valence-corrected chi connectivity index (χ0v) is 18.4. The Balaban J connectivity index is 1.85. The highest BCUT2D eigenvalue weighted by atomic mass is 35.5. The summed E-state index contributed by atoms with van der Waals surface area (Å²) in [5, 5.41) is 10.0. The summed E-state index contributed by atoms with van der Waals surface area (Å²) in [5.74, 6) is 1.62. The molecule has 2 rings (SSSR count). The molecule has 162 valence electrons. The van der Waals surface area contributed by atoms with Crippen molar-refractivity contribution in [1.82, 2.24) is 16.0 Å². The highest BCUT2D eigenvalue weighted by Crippen LogP contribution is 2.28. The fraction of sp³-hybridized carbons (Fsp3) is 0.364. The lowest BCUT2D eigenvalue weighted by Crippen LogP contribution is -2.37. The maximum absolute atomic E-state index is 11.6. The van der Waals surface area contributed by atoms with Gasteiger partial charge in [-0.15, -0.1) is 0 Å². The number of likely N-dealkylation sites (N-methyl/N-ethyl adjacent to an activating group) is 1. The van der Waals surface area contributed by atoms with Crippen molar-refractivity contribution in [2.75, 3.05) is 33.9 Å². The van der Waals surface area contributed by atoms with Crippen LogP contribution in [0.4, 0.5) is 0 Å². The van der Waals surface area contributed by atoms with Crippen LogP contribution in [-0.2, 0) is 17.8 Å². The topological polar surface area (TPSA) is 84.0 Å². The summed E-state index contributed by atoms with van der Waals surface area (Å²) in [7, 11) is 3.30. The Labute approximate surface area is 182 Å². The number of amides is 1. The van der Waals surface area contributed by atoms with Gasteiger partial charge in [-0.05, 0) is 42.7 Å². The van der Waals surface area contributed by atoms with Crippen molar-refractivity contribution in [2.45, 2.75) is 19.9 Å². The Kier molecular flexibility index (Phi) is 9.80. The van der Waals surface area contributed by atoms with Gasteiger partial charge in [-0.3, -0.25) is 9.79 Å². The molecule has 1 amide bonds. The van der Waals surface area contributed by atoms with E-state index in [1.807, 2.05) is 43.3 Å². The molecule has 0 bridgehead atoms. The smallest absolute Gasteiger partial charge is 0.257 e. The molecule has 2 aromatic carbocycles. The van der Waals surface area contributed by atoms with Gasteiger partial charge in [-0.1, -0.05) is 35.9 Å². The molecule has 8 heteroatoms. The molecular weight excluding hydrogens is 404 g/mol. The molecule has 0 aliphatic carbocycles. The van der Waals surface area contributed by atoms with Gasteiger partial charge >= 0.3 is 0 Å². The summed E-state index contributed by atoms with van der Waals surface area (Å²) < 4.78 is 10.9. The summed E-state index contributed by atoms with van der Waals surface area (Å²) in [5.41, 5.74) is 2.08. The number of guanidine groups is 1. The van der Waals surface area contributed by atoms with E-state index in [2.05, 4.69) is 20.9 Å². The highest BCUT2D eigenvalue weighted by Gasteiger charge is 2.09. The molecule has 0 radical (unpaired) electrons. The summed E-state index contributed by atoms with van der Waals surface area (Å²) in [6.45, 7) is 3.64. The van der Waals surface area contributed by atoms with Crippen LogP contribution in [0.25, 0.3) is 0 Å². The molecule has 3 N–H and O–H groups in total. The third kappa shape index (κ3) is 7.48. The number of aliphatic imine (C=N–C) groups is 1. The monoisotopic (exact) mass is 432 g/mol. The fourth-order valence-electron chi connectivity index (χ4n) is 2.76. The van der Waals surface area contributed by atoms with Crippen LogP contribution in [0.2, 0.25) is 5.02 Å². The Morgan fingerprint density at radius 3 is 2.60 bits per heavy atom. The third-order valence-electron chi connectivity index (χ3n) is 4.29. The van der Waals surface area contributed by atoms with Crippen LogP contribution in [0.1, 0.15) is 18.1 Å². The quantitative estimate of drug-likeness (QED) is 0.397. The van der Waals surface area contributed by atoms with Gasteiger partial charge in [0.1, 0.15) is 0 Å². The van der Waals surface area contributed by atoms with E-state index < -0.39 is 0 Å². The SMILES string of the molecule is CCNC(=O)COc1ccc(CNC(=NC)NCCc2ccccc2Cl)cc1OC. The minimum atomic E-state index is -0.169. The van der Waals surface area contributed by atoms with Gasteiger partial charge in [0.15, 0.2) is 24.1 Å². The fourth-order valence-corrected chi connectivity index (χ4v) is 2.99. The van der Waals surface area contributed by atoms with E-state index in [1.165, 1.54) is 0 Å². The highest BCUT2D eigenvalue weighted by molar-refractivity contribution is 6.31. The van der Waals surface area contributed by atoms with Gasteiger partial charge in [0.25, 0.3) is 5.91 Å². The lowest BCUT2D eigenvalue weighted by molar-refractivity contribution is -0.123. The molecule has 0 aliphatic rings. The molecule has 0 heterocycles. The molecule has 0 spiro atoms. The van der Waals surface area contributed by atoms with Crippen LogP contribution < -0.4 is 25.4 Å². The average Bonchev–Trinajstić information content (AvgIpc) is 2.76. The second-order valence-electron chi connectivity index (χ2n) is 6.42.